The minimum absolute atomic E-state index is 0.0116. The highest BCUT2D eigenvalue weighted by molar-refractivity contribution is 5.76. The van der Waals surface area contributed by atoms with E-state index in [1.807, 2.05) is 31.5 Å². The van der Waals surface area contributed by atoms with E-state index in [-0.39, 0.29) is 24.5 Å². The van der Waals surface area contributed by atoms with Crippen molar-refractivity contribution in [3.63, 3.8) is 0 Å². The summed E-state index contributed by atoms with van der Waals surface area (Å²) in [6.45, 7) is 6.68. The second-order valence-corrected chi connectivity index (χ2v) is 4.79. The number of aryl methyl sites for hydroxylation is 2. The molecule has 18 heavy (non-hydrogen) atoms. The number of carbonyl (C=O) groups excluding carboxylic acids is 1. The normalized spacial score (nSPS) is 14.2. The van der Waals surface area contributed by atoms with E-state index < -0.39 is 0 Å². The molecule has 1 rings (SSSR count). The SMILES string of the molecule is Cc1nccn1CCCC(=O)NC(C)C(C)CO. The van der Waals surface area contributed by atoms with Gasteiger partial charge < -0.3 is 15.0 Å². The lowest BCUT2D eigenvalue weighted by molar-refractivity contribution is -0.122. The van der Waals surface area contributed by atoms with Crippen molar-refractivity contribution in [2.24, 2.45) is 5.92 Å². The fraction of sp³-hybridized carbons (Fsp3) is 0.692. The lowest BCUT2D eigenvalue weighted by Gasteiger charge is -2.19. The van der Waals surface area contributed by atoms with Crippen LogP contribution >= 0.6 is 0 Å². The second-order valence-electron chi connectivity index (χ2n) is 4.79. The molecule has 0 aromatic carbocycles. The van der Waals surface area contributed by atoms with E-state index in [2.05, 4.69) is 10.3 Å². The Morgan fingerprint density at radius 1 is 1.56 bits per heavy atom. The third-order valence-electron chi connectivity index (χ3n) is 3.26. The number of nitrogens with zero attached hydrogens (tertiary/aromatic N) is 2. The first-order chi connectivity index (χ1) is 8.54. The number of aliphatic hydroxyl groups is 1. The van der Waals surface area contributed by atoms with Gasteiger partial charge in [0.1, 0.15) is 5.82 Å². The van der Waals surface area contributed by atoms with Gasteiger partial charge in [-0.15, -0.1) is 0 Å². The van der Waals surface area contributed by atoms with E-state index in [9.17, 15) is 4.79 Å². The Labute approximate surface area is 108 Å². The van der Waals surface area contributed by atoms with Crippen molar-refractivity contribution >= 4 is 5.91 Å². The summed E-state index contributed by atoms with van der Waals surface area (Å²) in [7, 11) is 0. The third kappa shape index (κ3) is 4.49. The summed E-state index contributed by atoms with van der Waals surface area (Å²) < 4.78 is 2.03. The maximum absolute atomic E-state index is 11.7. The first-order valence-corrected chi connectivity index (χ1v) is 6.42. The monoisotopic (exact) mass is 253 g/mol. The average Bonchev–Trinajstić information content (AvgIpc) is 2.74. The number of hydrogen-bond acceptors (Lipinski definition) is 3. The van der Waals surface area contributed by atoms with Crippen molar-refractivity contribution in [3.05, 3.63) is 18.2 Å². The van der Waals surface area contributed by atoms with Crippen LogP contribution < -0.4 is 5.32 Å². The summed E-state index contributed by atoms with van der Waals surface area (Å²) in [6, 6.07) is 0.0116. The Kier molecular flexibility index (Phi) is 5.85. The summed E-state index contributed by atoms with van der Waals surface area (Å²) in [5.74, 6) is 1.10. The number of rotatable bonds is 7. The topological polar surface area (TPSA) is 67.2 Å². The molecule has 2 atom stereocenters. The van der Waals surface area contributed by atoms with Gasteiger partial charge in [0.15, 0.2) is 0 Å². The molecule has 0 saturated heterocycles. The van der Waals surface area contributed by atoms with Gasteiger partial charge in [0.2, 0.25) is 5.91 Å². The minimum atomic E-state index is 0.0116. The highest BCUT2D eigenvalue weighted by Crippen LogP contribution is 2.03. The smallest absolute Gasteiger partial charge is 0.220 e. The molecular formula is C13H23N3O2. The van der Waals surface area contributed by atoms with Crippen molar-refractivity contribution < 1.29 is 9.90 Å². The number of amides is 1. The molecule has 1 aromatic rings. The molecule has 1 amide bonds. The van der Waals surface area contributed by atoms with Crippen LogP contribution in [0.4, 0.5) is 0 Å². The van der Waals surface area contributed by atoms with Gasteiger partial charge in [-0.3, -0.25) is 4.79 Å². The van der Waals surface area contributed by atoms with E-state index in [4.69, 9.17) is 5.11 Å². The van der Waals surface area contributed by atoms with Crippen molar-refractivity contribution in [2.75, 3.05) is 6.61 Å². The predicted molar refractivity (Wildman–Crippen MR) is 70.1 cm³/mol. The number of aliphatic hydroxyl groups excluding tert-OH is 1. The summed E-state index contributed by atoms with van der Waals surface area (Å²) in [5, 5.41) is 11.9. The van der Waals surface area contributed by atoms with Gasteiger partial charge in [-0.1, -0.05) is 6.92 Å². The fourth-order valence-corrected chi connectivity index (χ4v) is 1.68. The molecule has 2 N–H and O–H groups in total. The van der Waals surface area contributed by atoms with Crippen molar-refractivity contribution in [2.45, 2.75) is 46.2 Å². The number of hydrogen-bond donors (Lipinski definition) is 2. The van der Waals surface area contributed by atoms with Crippen LogP contribution in [0.2, 0.25) is 0 Å². The molecule has 5 nitrogen and oxygen atoms in total. The standard InChI is InChI=1S/C13H23N3O2/c1-10(9-17)11(2)15-13(18)5-4-7-16-8-6-14-12(16)3/h6,8,10-11,17H,4-5,7,9H2,1-3H3,(H,15,18). The van der Waals surface area contributed by atoms with Gasteiger partial charge in [-0.2, -0.15) is 0 Å². The number of imidazole rings is 1. The molecule has 0 aliphatic rings. The summed E-state index contributed by atoms with van der Waals surface area (Å²) in [6.07, 6.45) is 4.98. The van der Waals surface area contributed by atoms with Crippen LogP contribution in [-0.4, -0.2) is 33.2 Å². The van der Waals surface area contributed by atoms with Crippen LogP contribution in [0.3, 0.4) is 0 Å². The van der Waals surface area contributed by atoms with Crippen molar-refractivity contribution in [1.29, 1.82) is 0 Å². The molecular weight excluding hydrogens is 230 g/mol. The van der Waals surface area contributed by atoms with Gasteiger partial charge in [0.05, 0.1) is 0 Å². The van der Waals surface area contributed by atoms with E-state index in [0.29, 0.717) is 6.42 Å². The van der Waals surface area contributed by atoms with Gasteiger partial charge in [0.25, 0.3) is 0 Å². The minimum Gasteiger partial charge on any atom is -0.396 e. The molecule has 0 saturated carbocycles. The zero-order chi connectivity index (χ0) is 13.5. The average molecular weight is 253 g/mol. The summed E-state index contributed by atoms with van der Waals surface area (Å²) in [5.41, 5.74) is 0. The predicted octanol–water partition coefficient (Wildman–Crippen LogP) is 1.10. The first kappa shape index (κ1) is 14.7. The van der Waals surface area contributed by atoms with Gasteiger partial charge >= 0.3 is 0 Å². The summed E-state index contributed by atoms with van der Waals surface area (Å²) in [4.78, 5) is 15.8. The molecule has 102 valence electrons. The van der Waals surface area contributed by atoms with Gasteiger partial charge in [0, 0.05) is 38.0 Å². The largest absolute Gasteiger partial charge is 0.396 e. The number of carbonyl (C=O) groups is 1. The van der Waals surface area contributed by atoms with E-state index in [1.165, 1.54) is 0 Å². The zero-order valence-electron chi connectivity index (χ0n) is 11.4. The highest BCUT2D eigenvalue weighted by Gasteiger charge is 2.13. The first-order valence-electron chi connectivity index (χ1n) is 6.42. The molecule has 0 bridgehead atoms. The van der Waals surface area contributed by atoms with Crippen LogP contribution in [0.1, 0.15) is 32.5 Å². The highest BCUT2D eigenvalue weighted by atomic mass is 16.3. The van der Waals surface area contributed by atoms with Crippen molar-refractivity contribution in [1.82, 2.24) is 14.9 Å². The Bertz CT molecular complexity index is 376. The number of nitrogens with one attached hydrogen (secondary N) is 1. The van der Waals surface area contributed by atoms with Crippen LogP contribution in [-0.2, 0) is 11.3 Å². The molecule has 0 aliphatic heterocycles. The van der Waals surface area contributed by atoms with Crippen LogP contribution in [0.5, 0.6) is 0 Å². The Morgan fingerprint density at radius 2 is 2.28 bits per heavy atom. The Hall–Kier alpha value is -1.36. The lowest BCUT2D eigenvalue weighted by Crippen LogP contribution is -2.38. The second kappa shape index (κ2) is 7.16. The lowest BCUT2D eigenvalue weighted by atomic mass is 10.1. The van der Waals surface area contributed by atoms with Gasteiger partial charge in [-0.05, 0) is 26.2 Å². The molecule has 0 aliphatic carbocycles. The maximum atomic E-state index is 11.7. The van der Waals surface area contributed by atoms with E-state index in [1.54, 1.807) is 6.20 Å². The quantitative estimate of drug-likeness (QED) is 0.765. The molecule has 0 spiro atoms. The van der Waals surface area contributed by atoms with Gasteiger partial charge in [-0.25, -0.2) is 4.98 Å². The molecule has 0 radical (unpaired) electrons. The third-order valence-corrected chi connectivity index (χ3v) is 3.26. The van der Waals surface area contributed by atoms with Crippen molar-refractivity contribution in [3.8, 4) is 0 Å². The zero-order valence-corrected chi connectivity index (χ0v) is 11.4. The Morgan fingerprint density at radius 3 is 2.83 bits per heavy atom. The fourth-order valence-electron chi connectivity index (χ4n) is 1.68. The molecule has 1 heterocycles. The Balaban J connectivity index is 2.23. The summed E-state index contributed by atoms with van der Waals surface area (Å²) >= 11 is 0. The van der Waals surface area contributed by atoms with Crippen LogP contribution in [0.15, 0.2) is 12.4 Å². The molecule has 1 aromatic heterocycles. The van der Waals surface area contributed by atoms with Crippen LogP contribution in [0, 0.1) is 12.8 Å². The molecule has 5 heteroatoms. The molecule has 2 unspecified atom stereocenters. The molecule has 0 fully saturated rings. The van der Waals surface area contributed by atoms with E-state index >= 15 is 0 Å². The maximum Gasteiger partial charge on any atom is 0.220 e. The van der Waals surface area contributed by atoms with E-state index in [0.717, 1.165) is 18.8 Å². The van der Waals surface area contributed by atoms with Crippen LogP contribution in [0.25, 0.3) is 0 Å². The number of aromatic nitrogens is 2.